The Labute approximate surface area is 177 Å². The average Bonchev–Trinajstić information content (AvgIpc) is 2.70. The molecule has 1 aromatic heterocycles. The average molecular weight is 475 g/mol. The molecule has 172 valence electrons. The Hall–Kier alpha value is -3.02. The summed E-state index contributed by atoms with van der Waals surface area (Å²) in [6, 6.07) is 3.57. The van der Waals surface area contributed by atoms with Crippen LogP contribution in [0.2, 0.25) is 0 Å². The third kappa shape index (κ3) is 4.18. The normalized spacial score (nSPS) is 12.5. The quantitative estimate of drug-likeness (QED) is 0.180. The Kier molecular flexibility index (Phi) is 6.27. The molecule has 0 aliphatic heterocycles. The number of non-ortho nitro benzene ring substituents is 1. The zero-order chi connectivity index (χ0) is 23.8. The van der Waals surface area contributed by atoms with Crippen molar-refractivity contribution in [2.75, 3.05) is 13.2 Å². The van der Waals surface area contributed by atoms with E-state index in [2.05, 4.69) is 4.98 Å². The number of fused-ring (bicyclic) bond motifs is 3. The molecule has 3 aromatic rings. The number of hydrogen-bond donors (Lipinski definition) is 1. The number of alkyl halides is 3. The molecule has 10 nitrogen and oxygen atoms in total. The van der Waals surface area contributed by atoms with Crippen LogP contribution in [0.5, 0.6) is 0 Å². The van der Waals surface area contributed by atoms with E-state index >= 15 is 0 Å². The number of nitrogens with zero attached hydrogens (tertiary/aromatic N) is 2. The van der Waals surface area contributed by atoms with E-state index in [9.17, 15) is 37.4 Å². The second-order valence-electron chi connectivity index (χ2n) is 6.55. The van der Waals surface area contributed by atoms with Crippen molar-refractivity contribution in [3.63, 3.8) is 0 Å². The van der Waals surface area contributed by atoms with E-state index in [-0.39, 0.29) is 29.6 Å². The highest BCUT2D eigenvalue weighted by Crippen LogP contribution is 2.50. The molecule has 0 spiro atoms. The lowest BCUT2D eigenvalue weighted by Crippen LogP contribution is -2.36. The van der Waals surface area contributed by atoms with E-state index in [1.54, 1.807) is 0 Å². The smallest absolute Gasteiger partial charge is 0.315 e. The van der Waals surface area contributed by atoms with Gasteiger partial charge in [-0.15, -0.1) is 0 Å². The minimum absolute atomic E-state index is 0.0643. The second-order valence-corrected chi connectivity index (χ2v) is 8.57. The van der Waals surface area contributed by atoms with Crippen LogP contribution in [-0.2, 0) is 26.1 Å². The van der Waals surface area contributed by atoms with Gasteiger partial charge in [-0.25, -0.2) is 0 Å². The molecule has 0 aliphatic rings. The number of aromatic nitrogens is 2. The molecule has 1 N–H and O–H groups in total. The first kappa shape index (κ1) is 23.6. The highest BCUT2D eigenvalue weighted by Gasteiger charge is 2.36. The lowest BCUT2D eigenvalue weighted by Gasteiger charge is -2.19. The first-order chi connectivity index (χ1) is 14.9. The molecule has 0 bridgehead atoms. The van der Waals surface area contributed by atoms with Crippen LogP contribution < -0.4 is 11.1 Å². The molecule has 2 aromatic carbocycles. The van der Waals surface area contributed by atoms with Gasteiger partial charge in [0.1, 0.15) is 6.29 Å². The Morgan fingerprint density at radius 2 is 1.81 bits per heavy atom. The van der Waals surface area contributed by atoms with Crippen LogP contribution in [0.3, 0.4) is 0 Å². The van der Waals surface area contributed by atoms with Gasteiger partial charge < -0.3 is 14.0 Å². The highest BCUT2D eigenvalue weighted by molar-refractivity contribution is 7.52. The molecular weight excluding hydrogens is 458 g/mol. The van der Waals surface area contributed by atoms with Crippen molar-refractivity contribution in [1.29, 1.82) is 0 Å². The Morgan fingerprint density at radius 3 is 2.34 bits per heavy atom. The minimum atomic E-state index is -4.92. The van der Waals surface area contributed by atoms with Crippen LogP contribution in [0.15, 0.2) is 33.9 Å². The van der Waals surface area contributed by atoms with Gasteiger partial charge in [0.15, 0.2) is 0 Å². The Bertz CT molecular complexity index is 1370. The maximum atomic E-state index is 13.6. The van der Waals surface area contributed by atoms with Crippen LogP contribution in [0, 0.1) is 10.1 Å². The molecular formula is C18H17F3N3O7P. The van der Waals surface area contributed by atoms with Crippen LogP contribution in [0.25, 0.3) is 21.8 Å². The molecule has 0 unspecified atom stereocenters. The number of rotatable bonds is 7. The monoisotopic (exact) mass is 475 g/mol. The van der Waals surface area contributed by atoms with E-state index in [0.717, 1.165) is 18.2 Å². The van der Waals surface area contributed by atoms with Crippen molar-refractivity contribution >= 4 is 35.1 Å². The van der Waals surface area contributed by atoms with Gasteiger partial charge in [0.05, 0.1) is 40.1 Å². The first-order valence-electron chi connectivity index (χ1n) is 9.25. The van der Waals surface area contributed by atoms with E-state index in [1.807, 2.05) is 0 Å². The molecule has 0 fully saturated rings. The second kappa shape index (κ2) is 8.49. The van der Waals surface area contributed by atoms with Crippen LogP contribution in [-0.4, -0.2) is 27.7 Å². The standard InChI is InChI=1S/C18H17F3N3O7P/c1-3-30-32(29,31-4-2)9-23-13-8-12(24(27)28)14-10(15(13)22-16(25)17(23)26)6-5-7-11(14)18(19,20)21/h5-8H,3-4,9H2,1-2H3,(H,22,25). The number of nitro benzene ring substituents is 1. The molecule has 0 atom stereocenters. The van der Waals surface area contributed by atoms with Crippen molar-refractivity contribution < 1.29 is 31.7 Å². The zero-order valence-electron chi connectivity index (χ0n) is 16.8. The predicted octanol–water partition coefficient (Wildman–Crippen LogP) is 3.99. The maximum Gasteiger partial charge on any atom is 0.417 e. The van der Waals surface area contributed by atoms with Crippen LogP contribution in [0.1, 0.15) is 19.4 Å². The predicted molar refractivity (Wildman–Crippen MR) is 109 cm³/mol. The summed E-state index contributed by atoms with van der Waals surface area (Å²) in [6.07, 6.45) is -5.69. The van der Waals surface area contributed by atoms with Gasteiger partial charge in [0.2, 0.25) is 0 Å². The number of aromatic amines is 1. The fourth-order valence-electron chi connectivity index (χ4n) is 3.40. The molecule has 0 saturated heterocycles. The van der Waals surface area contributed by atoms with Crippen LogP contribution in [0.4, 0.5) is 18.9 Å². The third-order valence-electron chi connectivity index (χ3n) is 4.56. The van der Waals surface area contributed by atoms with Crippen LogP contribution >= 0.6 is 7.60 Å². The van der Waals surface area contributed by atoms with E-state index < -0.39 is 52.7 Å². The summed E-state index contributed by atoms with van der Waals surface area (Å²) in [4.78, 5) is 37.7. The number of halogens is 3. The molecule has 14 heteroatoms. The van der Waals surface area contributed by atoms with Crippen molar-refractivity contribution in [3.8, 4) is 0 Å². The van der Waals surface area contributed by atoms with E-state index in [1.165, 1.54) is 13.8 Å². The Balaban J connectivity index is 2.50. The van der Waals surface area contributed by atoms with E-state index in [0.29, 0.717) is 10.6 Å². The van der Waals surface area contributed by atoms with Gasteiger partial charge >= 0.3 is 24.9 Å². The summed E-state index contributed by atoms with van der Waals surface area (Å²) in [6.45, 7) is 2.90. The SMILES string of the molecule is CCOP(=O)(Cn1c(=O)c(=O)[nH]c2c3cccc(C(F)(F)F)c3c([N+](=O)[O-])cc21)OCC. The molecule has 0 saturated carbocycles. The van der Waals surface area contributed by atoms with Crippen molar-refractivity contribution in [3.05, 3.63) is 60.7 Å². The van der Waals surface area contributed by atoms with E-state index in [4.69, 9.17) is 9.05 Å². The number of nitrogens with one attached hydrogen (secondary N) is 1. The van der Waals surface area contributed by atoms with Gasteiger partial charge in [-0.1, -0.05) is 12.1 Å². The molecule has 32 heavy (non-hydrogen) atoms. The summed E-state index contributed by atoms with van der Waals surface area (Å²) in [5.41, 5.74) is -5.23. The van der Waals surface area contributed by atoms with Crippen molar-refractivity contribution in [2.45, 2.75) is 26.3 Å². The number of hydrogen-bond acceptors (Lipinski definition) is 7. The topological polar surface area (TPSA) is 134 Å². The molecule has 0 amide bonds. The van der Waals surface area contributed by atoms with Gasteiger partial charge in [0.25, 0.3) is 5.69 Å². The number of benzene rings is 2. The lowest BCUT2D eigenvalue weighted by atomic mass is 10.0. The largest absolute Gasteiger partial charge is 0.417 e. The van der Waals surface area contributed by atoms with Gasteiger partial charge in [0, 0.05) is 11.5 Å². The highest BCUT2D eigenvalue weighted by atomic mass is 31.2. The summed E-state index contributed by atoms with van der Waals surface area (Å²) in [5.74, 6) is 0. The minimum Gasteiger partial charge on any atom is -0.315 e. The van der Waals surface area contributed by atoms with Crippen molar-refractivity contribution in [1.82, 2.24) is 9.55 Å². The maximum absolute atomic E-state index is 13.6. The summed E-state index contributed by atoms with van der Waals surface area (Å²) >= 11 is 0. The molecule has 1 heterocycles. The van der Waals surface area contributed by atoms with Gasteiger partial charge in [-0.05, 0) is 19.9 Å². The van der Waals surface area contributed by atoms with Gasteiger partial charge in [-0.3, -0.25) is 28.8 Å². The zero-order valence-corrected chi connectivity index (χ0v) is 17.7. The summed E-state index contributed by atoms with van der Waals surface area (Å²) in [5, 5.41) is 10.6. The third-order valence-corrected chi connectivity index (χ3v) is 6.49. The van der Waals surface area contributed by atoms with Gasteiger partial charge in [-0.2, -0.15) is 13.2 Å². The molecule has 3 rings (SSSR count). The number of H-pyrrole nitrogens is 1. The fourth-order valence-corrected chi connectivity index (χ4v) is 5.05. The fraction of sp³-hybridized carbons (Fsp3) is 0.333. The number of nitro groups is 1. The summed E-state index contributed by atoms with van der Waals surface area (Å²) in [7, 11) is -3.97. The Morgan fingerprint density at radius 1 is 1.19 bits per heavy atom. The molecule has 0 radical (unpaired) electrons. The molecule has 0 aliphatic carbocycles. The summed E-state index contributed by atoms with van der Waals surface area (Å²) < 4.78 is 64.5. The first-order valence-corrected chi connectivity index (χ1v) is 11.0. The van der Waals surface area contributed by atoms with Crippen molar-refractivity contribution in [2.24, 2.45) is 0 Å². The lowest BCUT2D eigenvalue weighted by molar-refractivity contribution is -0.383.